The van der Waals surface area contributed by atoms with Crippen LogP contribution < -0.4 is 9.47 Å². The molecule has 0 unspecified atom stereocenters. The highest BCUT2D eigenvalue weighted by Gasteiger charge is 2.39. The second kappa shape index (κ2) is 9.97. The average Bonchev–Trinajstić information content (AvgIpc) is 3.38. The van der Waals surface area contributed by atoms with Gasteiger partial charge in [-0.2, -0.15) is 0 Å². The van der Waals surface area contributed by atoms with Crippen molar-refractivity contribution >= 4 is 55.9 Å². The lowest BCUT2D eigenvalue weighted by Crippen LogP contribution is -2.11. The lowest BCUT2D eigenvalue weighted by molar-refractivity contribution is -0.114. The number of nitrogens with zero attached hydrogens (tertiary/aromatic N) is 2. The molecule has 164 valence electrons. The van der Waals surface area contributed by atoms with Crippen LogP contribution in [-0.2, 0) is 17.8 Å². The van der Waals surface area contributed by atoms with Crippen molar-refractivity contribution < 1.29 is 14.3 Å². The molecule has 9 heteroatoms. The zero-order valence-corrected chi connectivity index (χ0v) is 20.6. The third kappa shape index (κ3) is 4.79. The van der Waals surface area contributed by atoms with Crippen LogP contribution in [0, 0.1) is 5.41 Å². The molecule has 1 aliphatic heterocycles. The molecule has 1 aliphatic rings. The third-order valence-corrected chi connectivity index (χ3v) is 7.64. The standard InChI is InChI=1S/C23H20BrN3O3S2/c1-3-19-26-27-23(32-19)20-21(28)18(31-22(20)25)10-14-9-16(29-2)17(11-15(14)24)30-12-13-7-5-4-6-8-13/h4-11,20,25H,3,12H2,1-2H3/b18-10-,25-22?/t20-/m1/s1. The summed E-state index contributed by atoms with van der Waals surface area (Å²) < 4.78 is 12.2. The highest BCUT2D eigenvalue weighted by atomic mass is 79.9. The van der Waals surface area contributed by atoms with Crippen LogP contribution in [0.2, 0.25) is 0 Å². The van der Waals surface area contributed by atoms with Gasteiger partial charge in [-0.05, 0) is 35.8 Å². The molecule has 1 saturated heterocycles. The molecule has 3 aromatic rings. The Morgan fingerprint density at radius 1 is 1.19 bits per heavy atom. The maximum Gasteiger partial charge on any atom is 0.186 e. The van der Waals surface area contributed by atoms with E-state index in [2.05, 4.69) is 26.1 Å². The number of nitrogens with one attached hydrogen (secondary N) is 1. The molecule has 2 aromatic carbocycles. The quantitative estimate of drug-likeness (QED) is 0.385. The number of hydrogen-bond donors (Lipinski definition) is 1. The summed E-state index contributed by atoms with van der Waals surface area (Å²) >= 11 is 6.13. The summed E-state index contributed by atoms with van der Waals surface area (Å²) in [4.78, 5) is 13.5. The van der Waals surface area contributed by atoms with Gasteiger partial charge in [-0.25, -0.2) is 0 Å². The molecule has 2 heterocycles. The number of ether oxygens (including phenoxy) is 2. The second-order valence-corrected chi connectivity index (χ2v) is 9.99. The number of allylic oxidation sites excluding steroid dienone is 1. The molecule has 0 bridgehead atoms. The third-order valence-electron chi connectivity index (χ3n) is 4.83. The monoisotopic (exact) mass is 529 g/mol. The number of rotatable bonds is 7. The fourth-order valence-electron chi connectivity index (χ4n) is 3.15. The van der Waals surface area contributed by atoms with Gasteiger partial charge in [0.25, 0.3) is 0 Å². The summed E-state index contributed by atoms with van der Waals surface area (Å²) in [7, 11) is 1.58. The van der Waals surface area contributed by atoms with Gasteiger partial charge in [0.15, 0.2) is 17.3 Å². The number of thioether (sulfide) groups is 1. The molecular formula is C23H20BrN3O3S2. The number of Topliss-reactive ketones (excluding diaryl/α,β-unsaturated/α-hetero) is 1. The van der Waals surface area contributed by atoms with Crippen LogP contribution in [0.1, 0.15) is 34.0 Å². The summed E-state index contributed by atoms with van der Waals surface area (Å²) in [6.45, 7) is 2.41. The van der Waals surface area contributed by atoms with Gasteiger partial charge in [0.2, 0.25) is 0 Å². The summed E-state index contributed by atoms with van der Waals surface area (Å²) in [5, 5.41) is 18.3. The van der Waals surface area contributed by atoms with Gasteiger partial charge < -0.3 is 9.47 Å². The van der Waals surface area contributed by atoms with E-state index in [0.29, 0.717) is 28.0 Å². The van der Waals surface area contributed by atoms with Crippen LogP contribution in [0.3, 0.4) is 0 Å². The Kier molecular flexibility index (Phi) is 7.07. The van der Waals surface area contributed by atoms with E-state index in [1.54, 1.807) is 13.2 Å². The zero-order chi connectivity index (χ0) is 22.7. The average molecular weight is 530 g/mol. The van der Waals surface area contributed by atoms with Crippen LogP contribution in [0.15, 0.2) is 51.8 Å². The maximum absolute atomic E-state index is 13.0. The molecular weight excluding hydrogens is 510 g/mol. The van der Waals surface area contributed by atoms with Crippen LogP contribution in [0.4, 0.5) is 0 Å². The number of aryl methyl sites for hydroxylation is 1. The Labute approximate surface area is 202 Å². The fourth-order valence-corrected chi connectivity index (χ4v) is 5.53. The van der Waals surface area contributed by atoms with E-state index in [-0.39, 0.29) is 10.8 Å². The summed E-state index contributed by atoms with van der Waals surface area (Å²) in [5.74, 6) is 0.365. The first-order chi connectivity index (χ1) is 15.5. The van der Waals surface area contributed by atoms with Gasteiger partial charge in [0.1, 0.15) is 22.5 Å². The van der Waals surface area contributed by atoms with Crippen LogP contribution >= 0.6 is 39.0 Å². The van der Waals surface area contributed by atoms with Crippen LogP contribution in [0.5, 0.6) is 11.5 Å². The number of methoxy groups -OCH3 is 1. The Hall–Kier alpha value is -2.49. The number of ketones is 1. The van der Waals surface area contributed by atoms with Gasteiger partial charge in [0.05, 0.1) is 17.1 Å². The largest absolute Gasteiger partial charge is 0.493 e. The first kappa shape index (κ1) is 22.7. The molecule has 1 atom stereocenters. The molecule has 32 heavy (non-hydrogen) atoms. The molecule has 0 amide bonds. The van der Waals surface area contributed by atoms with Crippen molar-refractivity contribution in [1.82, 2.24) is 10.2 Å². The van der Waals surface area contributed by atoms with Crippen molar-refractivity contribution in [3.63, 3.8) is 0 Å². The van der Waals surface area contributed by atoms with Crippen molar-refractivity contribution in [2.75, 3.05) is 7.11 Å². The van der Waals surface area contributed by atoms with Crippen molar-refractivity contribution in [2.24, 2.45) is 0 Å². The lowest BCUT2D eigenvalue weighted by atomic mass is 10.0. The molecule has 0 saturated carbocycles. The van der Waals surface area contributed by atoms with E-state index >= 15 is 0 Å². The minimum atomic E-state index is -0.668. The lowest BCUT2D eigenvalue weighted by Gasteiger charge is -2.13. The van der Waals surface area contributed by atoms with Crippen LogP contribution in [0.25, 0.3) is 6.08 Å². The zero-order valence-electron chi connectivity index (χ0n) is 17.4. The Morgan fingerprint density at radius 3 is 2.66 bits per heavy atom. The number of carbonyl (C=O) groups excluding carboxylic acids is 1. The first-order valence-electron chi connectivity index (χ1n) is 9.88. The van der Waals surface area contributed by atoms with Gasteiger partial charge >= 0.3 is 0 Å². The van der Waals surface area contributed by atoms with Crippen molar-refractivity contribution in [3.8, 4) is 11.5 Å². The Morgan fingerprint density at radius 2 is 1.97 bits per heavy atom. The van der Waals surface area contributed by atoms with E-state index in [0.717, 1.165) is 38.8 Å². The van der Waals surface area contributed by atoms with E-state index in [4.69, 9.17) is 14.9 Å². The molecule has 1 fully saturated rings. The van der Waals surface area contributed by atoms with E-state index in [1.807, 2.05) is 49.4 Å². The first-order valence-corrected chi connectivity index (χ1v) is 12.3. The van der Waals surface area contributed by atoms with E-state index in [9.17, 15) is 4.79 Å². The summed E-state index contributed by atoms with van der Waals surface area (Å²) in [6, 6.07) is 13.5. The Bertz CT molecular complexity index is 1190. The predicted molar refractivity (Wildman–Crippen MR) is 132 cm³/mol. The fraction of sp³-hybridized carbons (Fsp3) is 0.217. The van der Waals surface area contributed by atoms with Gasteiger partial charge in [0, 0.05) is 4.47 Å². The number of aromatic nitrogens is 2. The van der Waals surface area contributed by atoms with Gasteiger partial charge in [-0.3, -0.25) is 10.2 Å². The number of halogens is 1. The Balaban J connectivity index is 1.58. The molecule has 0 spiro atoms. The normalized spacial score (nSPS) is 17.2. The van der Waals surface area contributed by atoms with Crippen molar-refractivity contribution in [2.45, 2.75) is 25.9 Å². The minimum Gasteiger partial charge on any atom is -0.493 e. The molecule has 0 aliphatic carbocycles. The number of benzene rings is 2. The smallest absolute Gasteiger partial charge is 0.186 e. The van der Waals surface area contributed by atoms with E-state index < -0.39 is 5.92 Å². The minimum absolute atomic E-state index is 0.130. The highest BCUT2D eigenvalue weighted by molar-refractivity contribution is 9.10. The summed E-state index contributed by atoms with van der Waals surface area (Å²) in [5.41, 5.74) is 1.82. The SMILES string of the molecule is CCc1nnc([C@H]2C(=N)S/C(=C\c3cc(OC)c(OCc4ccccc4)cc3Br)C2=O)s1. The topological polar surface area (TPSA) is 85.2 Å². The molecule has 0 radical (unpaired) electrons. The molecule has 1 N–H and O–H groups in total. The molecule has 4 rings (SSSR count). The molecule has 6 nitrogen and oxygen atoms in total. The number of carbonyl (C=O) groups is 1. The van der Waals surface area contributed by atoms with Gasteiger partial charge in [-0.15, -0.1) is 21.5 Å². The van der Waals surface area contributed by atoms with Crippen molar-refractivity contribution in [1.29, 1.82) is 5.41 Å². The number of hydrogen-bond acceptors (Lipinski definition) is 8. The summed E-state index contributed by atoms with van der Waals surface area (Å²) in [6.07, 6.45) is 2.53. The predicted octanol–water partition coefficient (Wildman–Crippen LogP) is 5.87. The maximum atomic E-state index is 13.0. The molecule has 1 aromatic heterocycles. The van der Waals surface area contributed by atoms with Crippen LogP contribution in [-0.4, -0.2) is 28.1 Å². The highest BCUT2D eigenvalue weighted by Crippen LogP contribution is 2.43. The van der Waals surface area contributed by atoms with Gasteiger partial charge in [-0.1, -0.05) is 64.9 Å². The van der Waals surface area contributed by atoms with E-state index in [1.165, 1.54) is 11.3 Å². The second-order valence-electron chi connectivity index (χ2n) is 6.96. The van der Waals surface area contributed by atoms with Crippen molar-refractivity contribution in [3.05, 3.63) is 73.0 Å².